The molecule has 21 heavy (non-hydrogen) atoms. The fourth-order valence-corrected chi connectivity index (χ4v) is 2.66. The van der Waals surface area contributed by atoms with Crippen molar-refractivity contribution in [2.45, 2.75) is 26.3 Å². The minimum absolute atomic E-state index is 0.115. The molecule has 5 heteroatoms. The van der Waals surface area contributed by atoms with Gasteiger partial charge in [0.1, 0.15) is 9.88 Å². The van der Waals surface area contributed by atoms with Crippen molar-refractivity contribution in [2.75, 3.05) is 6.54 Å². The van der Waals surface area contributed by atoms with Crippen LogP contribution in [0.2, 0.25) is 0 Å². The molecule has 3 N–H and O–H groups in total. The Hall–Kier alpha value is -1.72. The Morgan fingerprint density at radius 3 is 2.62 bits per heavy atom. The summed E-state index contributed by atoms with van der Waals surface area (Å²) in [7, 11) is 0. The topological polar surface area (TPSA) is 68.0 Å². The number of thiazole rings is 1. The van der Waals surface area contributed by atoms with Crippen molar-refractivity contribution < 1.29 is 4.79 Å². The van der Waals surface area contributed by atoms with Crippen molar-refractivity contribution in [3.8, 4) is 10.6 Å². The Bertz CT molecular complexity index is 609. The van der Waals surface area contributed by atoms with Crippen LogP contribution < -0.4 is 11.1 Å². The highest BCUT2D eigenvalue weighted by atomic mass is 32.1. The summed E-state index contributed by atoms with van der Waals surface area (Å²) >= 11 is 1.39. The van der Waals surface area contributed by atoms with Crippen LogP contribution in [0.5, 0.6) is 0 Å². The monoisotopic (exact) mass is 303 g/mol. The molecule has 2 aromatic rings. The minimum Gasteiger partial charge on any atom is -0.345 e. The van der Waals surface area contributed by atoms with E-state index < -0.39 is 5.54 Å². The molecule has 2 rings (SSSR count). The number of amides is 1. The van der Waals surface area contributed by atoms with E-state index in [1.165, 1.54) is 11.3 Å². The summed E-state index contributed by atoms with van der Waals surface area (Å²) in [6.07, 6.45) is 1.62. The second kappa shape index (κ2) is 6.37. The van der Waals surface area contributed by atoms with Gasteiger partial charge in [0.05, 0.1) is 11.7 Å². The summed E-state index contributed by atoms with van der Waals surface area (Å²) in [5, 5.41) is 3.88. The summed E-state index contributed by atoms with van der Waals surface area (Å²) in [4.78, 5) is 17.3. The van der Waals surface area contributed by atoms with E-state index in [1.807, 2.05) is 37.3 Å². The normalized spacial score (nSPS) is 14.0. The maximum absolute atomic E-state index is 12.4. The zero-order chi connectivity index (χ0) is 15.5. The van der Waals surface area contributed by atoms with E-state index >= 15 is 0 Å². The molecule has 1 aromatic heterocycles. The molecule has 0 aliphatic heterocycles. The van der Waals surface area contributed by atoms with Crippen LogP contribution in [0.25, 0.3) is 10.6 Å². The lowest BCUT2D eigenvalue weighted by atomic mass is 9.88. The quantitative estimate of drug-likeness (QED) is 0.892. The molecule has 0 radical (unpaired) electrons. The standard InChI is InChI=1S/C16H21N3OS/c1-11(2)16(3,10-17)19-14(20)13-9-18-15(21-13)12-7-5-4-6-8-12/h4-9,11H,10,17H2,1-3H3,(H,19,20). The van der Waals surface area contributed by atoms with Crippen molar-refractivity contribution in [1.82, 2.24) is 10.3 Å². The molecule has 1 unspecified atom stereocenters. The van der Waals surface area contributed by atoms with E-state index in [2.05, 4.69) is 24.1 Å². The lowest BCUT2D eigenvalue weighted by Crippen LogP contribution is -2.54. The van der Waals surface area contributed by atoms with Crippen molar-refractivity contribution in [1.29, 1.82) is 0 Å². The lowest BCUT2D eigenvalue weighted by Gasteiger charge is -2.33. The second-order valence-corrected chi connectivity index (χ2v) is 6.66. The van der Waals surface area contributed by atoms with Crippen LogP contribution in [-0.4, -0.2) is 23.0 Å². The first kappa shape index (κ1) is 15.7. The van der Waals surface area contributed by atoms with Gasteiger partial charge in [0, 0.05) is 12.1 Å². The Morgan fingerprint density at radius 1 is 1.38 bits per heavy atom. The Kier molecular flexibility index (Phi) is 4.75. The van der Waals surface area contributed by atoms with Gasteiger partial charge in [0.15, 0.2) is 0 Å². The summed E-state index contributed by atoms with van der Waals surface area (Å²) in [6.45, 7) is 6.47. The maximum Gasteiger partial charge on any atom is 0.263 e. The zero-order valence-corrected chi connectivity index (χ0v) is 13.4. The van der Waals surface area contributed by atoms with E-state index in [9.17, 15) is 4.79 Å². The lowest BCUT2D eigenvalue weighted by molar-refractivity contribution is 0.0887. The van der Waals surface area contributed by atoms with Crippen LogP contribution in [-0.2, 0) is 0 Å². The van der Waals surface area contributed by atoms with Crippen LogP contribution in [0.15, 0.2) is 36.5 Å². The molecule has 0 aliphatic rings. The number of aromatic nitrogens is 1. The van der Waals surface area contributed by atoms with E-state index in [1.54, 1.807) is 6.20 Å². The molecule has 0 saturated carbocycles. The van der Waals surface area contributed by atoms with Gasteiger partial charge in [-0.25, -0.2) is 4.98 Å². The molecule has 4 nitrogen and oxygen atoms in total. The molecule has 1 heterocycles. The average Bonchev–Trinajstić information content (AvgIpc) is 2.97. The van der Waals surface area contributed by atoms with Gasteiger partial charge in [-0.1, -0.05) is 44.2 Å². The summed E-state index contributed by atoms with van der Waals surface area (Å²) in [5.41, 5.74) is 6.42. The largest absolute Gasteiger partial charge is 0.345 e. The van der Waals surface area contributed by atoms with Gasteiger partial charge in [-0.2, -0.15) is 0 Å². The third-order valence-corrected chi connectivity index (χ3v) is 4.89. The first-order valence-electron chi connectivity index (χ1n) is 7.00. The minimum atomic E-state index is -0.409. The van der Waals surface area contributed by atoms with Gasteiger partial charge in [-0.3, -0.25) is 4.79 Å². The number of benzene rings is 1. The zero-order valence-electron chi connectivity index (χ0n) is 12.6. The van der Waals surface area contributed by atoms with Crippen molar-refractivity contribution in [3.05, 3.63) is 41.4 Å². The predicted molar refractivity (Wildman–Crippen MR) is 87.3 cm³/mol. The molecule has 0 saturated heterocycles. The molecular weight excluding hydrogens is 282 g/mol. The van der Waals surface area contributed by atoms with Crippen LogP contribution in [0.1, 0.15) is 30.4 Å². The highest BCUT2D eigenvalue weighted by Crippen LogP contribution is 2.25. The van der Waals surface area contributed by atoms with E-state index in [0.717, 1.165) is 10.6 Å². The first-order valence-corrected chi connectivity index (χ1v) is 7.82. The van der Waals surface area contributed by atoms with Crippen LogP contribution in [0.3, 0.4) is 0 Å². The molecular formula is C16H21N3OS. The number of carbonyl (C=O) groups is 1. The number of nitrogens with zero attached hydrogens (tertiary/aromatic N) is 1. The van der Waals surface area contributed by atoms with Crippen molar-refractivity contribution >= 4 is 17.2 Å². The highest BCUT2D eigenvalue weighted by molar-refractivity contribution is 7.16. The third kappa shape index (κ3) is 3.49. The molecule has 0 aliphatic carbocycles. The smallest absolute Gasteiger partial charge is 0.263 e. The number of hydrogen-bond donors (Lipinski definition) is 2. The SMILES string of the molecule is CC(C)C(C)(CN)NC(=O)c1cnc(-c2ccccc2)s1. The van der Waals surface area contributed by atoms with Gasteiger partial charge in [0.25, 0.3) is 5.91 Å². The Balaban J connectivity index is 2.16. The number of rotatable bonds is 5. The fraction of sp³-hybridized carbons (Fsp3) is 0.375. The Labute approximate surface area is 129 Å². The third-order valence-electron chi connectivity index (χ3n) is 3.85. The van der Waals surface area contributed by atoms with Crippen LogP contribution >= 0.6 is 11.3 Å². The van der Waals surface area contributed by atoms with Crippen molar-refractivity contribution in [3.63, 3.8) is 0 Å². The molecule has 0 fully saturated rings. The highest BCUT2D eigenvalue weighted by Gasteiger charge is 2.29. The van der Waals surface area contributed by atoms with Gasteiger partial charge >= 0.3 is 0 Å². The van der Waals surface area contributed by atoms with Gasteiger partial charge in [-0.05, 0) is 12.8 Å². The number of hydrogen-bond acceptors (Lipinski definition) is 4. The maximum atomic E-state index is 12.4. The van der Waals surface area contributed by atoms with Crippen LogP contribution in [0.4, 0.5) is 0 Å². The van der Waals surface area contributed by atoms with Gasteiger partial charge in [-0.15, -0.1) is 11.3 Å². The van der Waals surface area contributed by atoms with E-state index in [4.69, 9.17) is 5.73 Å². The van der Waals surface area contributed by atoms with Gasteiger partial charge in [0.2, 0.25) is 0 Å². The predicted octanol–water partition coefficient (Wildman–Crippen LogP) is 2.91. The summed E-state index contributed by atoms with van der Waals surface area (Å²) in [6, 6.07) is 9.85. The van der Waals surface area contributed by atoms with Crippen molar-refractivity contribution in [2.24, 2.45) is 11.7 Å². The summed E-state index contributed by atoms with van der Waals surface area (Å²) in [5.74, 6) is 0.143. The summed E-state index contributed by atoms with van der Waals surface area (Å²) < 4.78 is 0. The molecule has 1 atom stereocenters. The molecule has 0 bridgehead atoms. The Morgan fingerprint density at radius 2 is 2.05 bits per heavy atom. The molecule has 112 valence electrons. The average molecular weight is 303 g/mol. The first-order chi connectivity index (χ1) is 9.96. The fourth-order valence-electron chi connectivity index (χ4n) is 1.85. The van der Waals surface area contributed by atoms with E-state index in [0.29, 0.717) is 11.4 Å². The number of carbonyl (C=O) groups excluding carboxylic acids is 1. The van der Waals surface area contributed by atoms with E-state index in [-0.39, 0.29) is 11.8 Å². The second-order valence-electron chi connectivity index (χ2n) is 5.63. The molecule has 0 spiro atoms. The number of nitrogens with two attached hydrogens (primary N) is 1. The molecule has 1 aromatic carbocycles. The van der Waals surface area contributed by atoms with Crippen LogP contribution in [0, 0.1) is 5.92 Å². The number of nitrogens with one attached hydrogen (secondary N) is 1. The van der Waals surface area contributed by atoms with Gasteiger partial charge < -0.3 is 11.1 Å². The molecule has 1 amide bonds.